The maximum Gasteiger partial charge on any atom is 0.338 e. The van der Waals surface area contributed by atoms with Gasteiger partial charge in [-0.25, -0.2) is 17.9 Å². The van der Waals surface area contributed by atoms with Crippen molar-refractivity contribution >= 4 is 16.0 Å². The topological polar surface area (TPSA) is 84.5 Å². The van der Waals surface area contributed by atoms with Crippen LogP contribution < -0.4 is 10.0 Å². The highest BCUT2D eigenvalue weighted by Gasteiger charge is 2.20. The predicted molar refractivity (Wildman–Crippen MR) is 76.3 cm³/mol. The SMILES string of the molecule is CCNCCNS(=O)(=O)c1cccc(C(=O)OC)c1C. The monoisotopic (exact) mass is 300 g/mol. The van der Waals surface area contributed by atoms with Crippen molar-refractivity contribution in [3.05, 3.63) is 29.3 Å². The summed E-state index contributed by atoms with van der Waals surface area (Å²) in [5, 5.41) is 3.02. The predicted octanol–water partition coefficient (Wildman–Crippen LogP) is 0.669. The van der Waals surface area contributed by atoms with Crippen LogP contribution in [0.15, 0.2) is 23.1 Å². The summed E-state index contributed by atoms with van der Waals surface area (Å²) in [5.41, 5.74) is 0.636. The Labute approximate surface area is 119 Å². The number of nitrogens with one attached hydrogen (secondary N) is 2. The summed E-state index contributed by atoms with van der Waals surface area (Å²) in [4.78, 5) is 11.7. The number of esters is 1. The minimum Gasteiger partial charge on any atom is -0.465 e. The van der Waals surface area contributed by atoms with Crippen LogP contribution in [0, 0.1) is 6.92 Å². The Morgan fingerprint density at radius 2 is 2.00 bits per heavy atom. The molecule has 6 nitrogen and oxygen atoms in total. The number of benzene rings is 1. The largest absolute Gasteiger partial charge is 0.465 e. The molecule has 0 unspecified atom stereocenters. The van der Waals surface area contributed by atoms with E-state index in [1.54, 1.807) is 13.0 Å². The molecular weight excluding hydrogens is 280 g/mol. The minimum atomic E-state index is -3.63. The number of hydrogen-bond donors (Lipinski definition) is 2. The first-order valence-electron chi connectivity index (χ1n) is 6.32. The highest BCUT2D eigenvalue weighted by molar-refractivity contribution is 7.89. The molecule has 7 heteroatoms. The molecule has 1 rings (SSSR count). The number of rotatable bonds is 7. The molecule has 0 fully saturated rings. The fraction of sp³-hybridized carbons (Fsp3) is 0.462. The number of sulfonamides is 1. The fourth-order valence-corrected chi connectivity index (χ4v) is 3.06. The number of methoxy groups -OCH3 is 1. The van der Waals surface area contributed by atoms with Gasteiger partial charge in [-0.3, -0.25) is 0 Å². The van der Waals surface area contributed by atoms with Crippen molar-refractivity contribution in [2.45, 2.75) is 18.7 Å². The first-order valence-corrected chi connectivity index (χ1v) is 7.80. The van der Waals surface area contributed by atoms with Gasteiger partial charge in [0.05, 0.1) is 17.6 Å². The maximum atomic E-state index is 12.2. The van der Waals surface area contributed by atoms with Gasteiger partial charge in [-0.1, -0.05) is 13.0 Å². The van der Waals surface area contributed by atoms with Crippen LogP contribution in [0.1, 0.15) is 22.8 Å². The van der Waals surface area contributed by atoms with E-state index in [9.17, 15) is 13.2 Å². The molecule has 0 aliphatic carbocycles. The fourth-order valence-electron chi connectivity index (χ4n) is 1.76. The smallest absolute Gasteiger partial charge is 0.338 e. The van der Waals surface area contributed by atoms with Gasteiger partial charge in [-0.15, -0.1) is 0 Å². The number of likely N-dealkylation sites (N-methyl/N-ethyl adjacent to an activating group) is 1. The molecule has 0 aromatic heterocycles. The van der Waals surface area contributed by atoms with Crippen molar-refractivity contribution < 1.29 is 17.9 Å². The lowest BCUT2D eigenvalue weighted by Crippen LogP contribution is -2.32. The van der Waals surface area contributed by atoms with E-state index in [2.05, 4.69) is 14.8 Å². The molecule has 0 spiro atoms. The van der Waals surface area contributed by atoms with Gasteiger partial charge < -0.3 is 10.1 Å². The summed E-state index contributed by atoms with van der Waals surface area (Å²) in [6.45, 7) is 5.14. The molecular formula is C13H20N2O4S. The normalized spacial score (nSPS) is 11.3. The lowest BCUT2D eigenvalue weighted by molar-refractivity contribution is 0.0599. The molecule has 0 aliphatic rings. The van der Waals surface area contributed by atoms with Crippen molar-refractivity contribution in [1.82, 2.24) is 10.0 Å². The highest BCUT2D eigenvalue weighted by Crippen LogP contribution is 2.19. The summed E-state index contributed by atoms with van der Waals surface area (Å²) in [6.07, 6.45) is 0. The standard InChI is InChI=1S/C13H20N2O4S/c1-4-14-8-9-15-20(17,18)12-7-5-6-11(10(12)2)13(16)19-3/h5-7,14-15H,4,8-9H2,1-3H3. The molecule has 0 amide bonds. The third-order valence-electron chi connectivity index (χ3n) is 2.82. The molecule has 0 bridgehead atoms. The van der Waals surface area contributed by atoms with E-state index in [0.29, 0.717) is 12.1 Å². The molecule has 1 aromatic carbocycles. The van der Waals surface area contributed by atoms with Gasteiger partial charge in [0.25, 0.3) is 0 Å². The van der Waals surface area contributed by atoms with Crippen molar-refractivity contribution in [3.63, 3.8) is 0 Å². The van der Waals surface area contributed by atoms with E-state index in [1.807, 2.05) is 6.92 Å². The number of hydrogen-bond acceptors (Lipinski definition) is 5. The molecule has 0 saturated heterocycles. The zero-order valence-corrected chi connectivity index (χ0v) is 12.7. The Morgan fingerprint density at radius 1 is 1.30 bits per heavy atom. The van der Waals surface area contributed by atoms with Crippen LogP contribution in [0.4, 0.5) is 0 Å². The summed E-state index contributed by atoms with van der Waals surface area (Å²) in [7, 11) is -2.37. The number of carbonyl (C=O) groups excluding carboxylic acids is 1. The van der Waals surface area contributed by atoms with Crippen LogP contribution >= 0.6 is 0 Å². The zero-order valence-electron chi connectivity index (χ0n) is 11.9. The van der Waals surface area contributed by atoms with E-state index in [4.69, 9.17) is 0 Å². The van der Waals surface area contributed by atoms with Gasteiger partial charge in [0, 0.05) is 13.1 Å². The molecule has 2 N–H and O–H groups in total. The first-order chi connectivity index (χ1) is 9.44. The lowest BCUT2D eigenvalue weighted by atomic mass is 10.1. The Hall–Kier alpha value is -1.44. The van der Waals surface area contributed by atoms with Crippen LogP contribution in [-0.4, -0.2) is 41.1 Å². The quantitative estimate of drug-likeness (QED) is 0.571. The van der Waals surface area contributed by atoms with E-state index in [-0.39, 0.29) is 17.0 Å². The first kappa shape index (κ1) is 16.6. The number of ether oxygens (including phenoxy) is 1. The third-order valence-corrected chi connectivity index (χ3v) is 4.43. The Bertz CT molecular complexity index is 570. The summed E-state index contributed by atoms with van der Waals surface area (Å²) >= 11 is 0. The van der Waals surface area contributed by atoms with Gasteiger partial charge in [0.15, 0.2) is 0 Å². The van der Waals surface area contributed by atoms with Gasteiger partial charge in [0.1, 0.15) is 0 Å². The van der Waals surface area contributed by atoms with Crippen molar-refractivity contribution in [3.8, 4) is 0 Å². The van der Waals surface area contributed by atoms with Crippen LogP contribution in [0.25, 0.3) is 0 Å². The van der Waals surface area contributed by atoms with Crippen LogP contribution in [0.2, 0.25) is 0 Å². The summed E-state index contributed by atoms with van der Waals surface area (Å²) in [5.74, 6) is -0.549. The van der Waals surface area contributed by atoms with E-state index >= 15 is 0 Å². The molecule has 112 valence electrons. The molecule has 20 heavy (non-hydrogen) atoms. The van der Waals surface area contributed by atoms with E-state index < -0.39 is 16.0 Å². The molecule has 0 heterocycles. The molecule has 0 atom stereocenters. The van der Waals surface area contributed by atoms with Gasteiger partial charge in [-0.2, -0.15) is 0 Å². The molecule has 1 aromatic rings. The third kappa shape index (κ3) is 4.03. The highest BCUT2D eigenvalue weighted by atomic mass is 32.2. The molecule has 0 saturated carbocycles. The average Bonchev–Trinajstić information content (AvgIpc) is 2.43. The van der Waals surface area contributed by atoms with Gasteiger partial charge >= 0.3 is 5.97 Å². The van der Waals surface area contributed by atoms with Crippen LogP contribution in [0.3, 0.4) is 0 Å². The van der Waals surface area contributed by atoms with E-state index in [0.717, 1.165) is 6.54 Å². The minimum absolute atomic E-state index is 0.0944. The van der Waals surface area contributed by atoms with Gasteiger partial charge in [0.2, 0.25) is 10.0 Å². The average molecular weight is 300 g/mol. The molecule has 0 aliphatic heterocycles. The Balaban J connectivity index is 2.98. The van der Waals surface area contributed by atoms with Crippen molar-refractivity contribution in [2.24, 2.45) is 0 Å². The van der Waals surface area contributed by atoms with Crippen molar-refractivity contribution in [1.29, 1.82) is 0 Å². The maximum absolute atomic E-state index is 12.2. The van der Waals surface area contributed by atoms with Gasteiger partial charge in [-0.05, 0) is 31.2 Å². The Kier molecular flexibility index (Phi) is 6.12. The second-order valence-corrected chi connectivity index (χ2v) is 5.91. The second kappa shape index (κ2) is 7.37. The van der Waals surface area contributed by atoms with Crippen molar-refractivity contribution in [2.75, 3.05) is 26.7 Å². The zero-order chi connectivity index (χ0) is 15.2. The number of carbonyl (C=O) groups is 1. The van der Waals surface area contributed by atoms with Crippen LogP contribution in [0.5, 0.6) is 0 Å². The van der Waals surface area contributed by atoms with Crippen LogP contribution in [-0.2, 0) is 14.8 Å². The summed E-state index contributed by atoms with van der Waals surface area (Å²) in [6, 6.07) is 4.54. The molecule has 0 radical (unpaired) electrons. The summed E-state index contributed by atoms with van der Waals surface area (Å²) < 4.78 is 31.5. The Morgan fingerprint density at radius 3 is 2.60 bits per heavy atom. The lowest BCUT2D eigenvalue weighted by Gasteiger charge is -2.11. The van der Waals surface area contributed by atoms with E-state index in [1.165, 1.54) is 19.2 Å². The second-order valence-electron chi connectivity index (χ2n) is 4.17.